The number of hydrogen-bond acceptors (Lipinski definition) is 6. The third-order valence-electron chi connectivity index (χ3n) is 4.40. The molecule has 1 unspecified atom stereocenters. The highest BCUT2D eigenvalue weighted by molar-refractivity contribution is 5.96. The minimum atomic E-state index is -1.85. The molecule has 0 saturated carbocycles. The van der Waals surface area contributed by atoms with Gasteiger partial charge in [-0.1, -0.05) is 12.0 Å². The minimum absolute atomic E-state index is 0.103. The van der Waals surface area contributed by atoms with Crippen molar-refractivity contribution in [2.45, 2.75) is 45.4 Å². The summed E-state index contributed by atoms with van der Waals surface area (Å²) in [5.41, 5.74) is 2.07. The van der Waals surface area contributed by atoms with Crippen LogP contribution in [0.25, 0.3) is 0 Å². The quantitative estimate of drug-likeness (QED) is 0.186. The SMILES string of the molecule is CC#Cc1ccc(C)c(C(=O)NCCCCC(C(=O)O)N(CC(=O)O)CC(O)O)c1. The summed E-state index contributed by atoms with van der Waals surface area (Å²) >= 11 is 0. The van der Waals surface area contributed by atoms with Crippen molar-refractivity contribution >= 4 is 17.8 Å². The number of carbonyl (C=O) groups excluding carboxylic acids is 1. The molecule has 0 aliphatic rings. The van der Waals surface area contributed by atoms with Crippen molar-refractivity contribution in [1.29, 1.82) is 0 Å². The Hall–Kier alpha value is -2.93. The molecule has 0 aliphatic heterocycles. The number of aliphatic carboxylic acids is 2. The highest BCUT2D eigenvalue weighted by Crippen LogP contribution is 2.12. The molecular formula is C21H28N2O7. The van der Waals surface area contributed by atoms with Gasteiger partial charge in [-0.15, -0.1) is 5.92 Å². The third kappa shape index (κ3) is 8.61. The van der Waals surface area contributed by atoms with Crippen molar-refractivity contribution in [3.63, 3.8) is 0 Å². The van der Waals surface area contributed by atoms with E-state index < -0.39 is 37.4 Å². The number of aliphatic hydroxyl groups excluding tert-OH is 1. The van der Waals surface area contributed by atoms with Crippen LogP contribution < -0.4 is 5.32 Å². The van der Waals surface area contributed by atoms with Crippen LogP contribution in [0.3, 0.4) is 0 Å². The fraction of sp³-hybridized carbons (Fsp3) is 0.476. The standard InChI is InChI=1S/C21H28N2O7/c1-3-6-15-9-8-14(2)16(11-15)20(28)22-10-5-4-7-17(21(29)30)23(12-18(24)25)13-19(26)27/h8-9,11,17-18,24-25H,4-5,7,10,12-13H2,1-2H3,(H,22,28)(H,26,27)(H,29,30). The van der Waals surface area contributed by atoms with Gasteiger partial charge >= 0.3 is 11.9 Å². The van der Waals surface area contributed by atoms with Gasteiger partial charge in [-0.05, 0) is 50.8 Å². The molecule has 5 N–H and O–H groups in total. The Kier molecular flexibility index (Phi) is 10.5. The second-order valence-electron chi connectivity index (χ2n) is 6.81. The molecule has 1 aromatic rings. The fourth-order valence-electron chi connectivity index (χ4n) is 3.00. The Morgan fingerprint density at radius 1 is 1.17 bits per heavy atom. The lowest BCUT2D eigenvalue weighted by Crippen LogP contribution is -2.47. The maximum Gasteiger partial charge on any atom is 0.320 e. The summed E-state index contributed by atoms with van der Waals surface area (Å²) in [6.45, 7) is 2.73. The number of nitrogens with one attached hydrogen (secondary N) is 1. The number of carbonyl (C=O) groups is 3. The molecule has 9 nitrogen and oxygen atoms in total. The summed E-state index contributed by atoms with van der Waals surface area (Å²) in [4.78, 5) is 35.8. The highest BCUT2D eigenvalue weighted by atomic mass is 16.5. The summed E-state index contributed by atoms with van der Waals surface area (Å²) in [7, 11) is 0. The first-order chi connectivity index (χ1) is 14.1. The number of rotatable bonds is 12. The normalized spacial score (nSPS) is 11.7. The first-order valence-electron chi connectivity index (χ1n) is 9.52. The maximum absolute atomic E-state index is 12.4. The number of unbranched alkanes of at least 4 members (excludes halogenated alkanes) is 1. The van der Waals surface area contributed by atoms with Crippen LogP contribution >= 0.6 is 0 Å². The zero-order chi connectivity index (χ0) is 22.7. The fourth-order valence-corrected chi connectivity index (χ4v) is 3.00. The lowest BCUT2D eigenvalue weighted by Gasteiger charge is -2.27. The van der Waals surface area contributed by atoms with Gasteiger partial charge in [-0.3, -0.25) is 19.3 Å². The van der Waals surface area contributed by atoms with Gasteiger partial charge < -0.3 is 25.7 Å². The first-order valence-corrected chi connectivity index (χ1v) is 9.52. The largest absolute Gasteiger partial charge is 0.480 e. The molecule has 1 amide bonds. The van der Waals surface area contributed by atoms with Crippen LogP contribution in [0.5, 0.6) is 0 Å². The highest BCUT2D eigenvalue weighted by Gasteiger charge is 2.28. The number of hydrogen-bond donors (Lipinski definition) is 5. The lowest BCUT2D eigenvalue weighted by atomic mass is 10.0. The van der Waals surface area contributed by atoms with Crippen molar-refractivity contribution in [2.24, 2.45) is 0 Å². The number of carboxylic acids is 2. The average molecular weight is 420 g/mol. The summed E-state index contributed by atoms with van der Waals surface area (Å²) in [6, 6.07) is 4.19. The zero-order valence-electron chi connectivity index (χ0n) is 17.1. The predicted octanol–water partition coefficient (Wildman–Crippen LogP) is 0.417. The molecule has 1 aromatic carbocycles. The van der Waals surface area contributed by atoms with E-state index in [0.717, 1.165) is 16.0 Å². The van der Waals surface area contributed by atoms with E-state index in [9.17, 15) is 19.5 Å². The van der Waals surface area contributed by atoms with Gasteiger partial charge in [-0.25, -0.2) is 0 Å². The topological polar surface area (TPSA) is 147 Å². The molecule has 1 atom stereocenters. The van der Waals surface area contributed by atoms with Crippen LogP contribution in [0.4, 0.5) is 0 Å². The van der Waals surface area contributed by atoms with Crippen LogP contribution in [-0.2, 0) is 9.59 Å². The van der Waals surface area contributed by atoms with E-state index in [2.05, 4.69) is 17.2 Å². The molecule has 0 fully saturated rings. The Morgan fingerprint density at radius 2 is 1.87 bits per heavy atom. The van der Waals surface area contributed by atoms with E-state index in [0.29, 0.717) is 24.9 Å². The molecule has 0 radical (unpaired) electrons. The smallest absolute Gasteiger partial charge is 0.320 e. The molecule has 0 bridgehead atoms. The van der Waals surface area contributed by atoms with Gasteiger partial charge in [0.2, 0.25) is 0 Å². The predicted molar refractivity (Wildman–Crippen MR) is 109 cm³/mol. The second-order valence-corrected chi connectivity index (χ2v) is 6.81. The zero-order valence-corrected chi connectivity index (χ0v) is 17.1. The molecule has 9 heteroatoms. The van der Waals surface area contributed by atoms with Crippen LogP contribution in [-0.4, -0.2) is 75.1 Å². The van der Waals surface area contributed by atoms with E-state index in [1.165, 1.54) is 0 Å². The molecule has 1 rings (SSSR count). The van der Waals surface area contributed by atoms with Crippen LogP contribution in [0.15, 0.2) is 18.2 Å². The maximum atomic E-state index is 12.4. The van der Waals surface area contributed by atoms with Crippen molar-refractivity contribution in [2.75, 3.05) is 19.6 Å². The van der Waals surface area contributed by atoms with E-state index in [1.54, 1.807) is 13.0 Å². The number of aryl methyl sites for hydroxylation is 1. The average Bonchev–Trinajstić information content (AvgIpc) is 2.64. The Labute approximate surface area is 175 Å². The van der Waals surface area contributed by atoms with Crippen LogP contribution in [0.1, 0.15) is 47.7 Å². The molecule has 0 heterocycles. The van der Waals surface area contributed by atoms with Gasteiger partial charge in [-0.2, -0.15) is 0 Å². The lowest BCUT2D eigenvalue weighted by molar-refractivity contribution is -0.150. The van der Waals surface area contributed by atoms with Crippen LogP contribution in [0, 0.1) is 18.8 Å². The Balaban J connectivity index is 2.60. The number of amides is 1. The number of nitrogens with zero attached hydrogens (tertiary/aromatic N) is 1. The summed E-state index contributed by atoms with van der Waals surface area (Å²) in [6.07, 6.45) is -0.867. The van der Waals surface area contributed by atoms with Crippen molar-refractivity contribution < 1.29 is 34.8 Å². The van der Waals surface area contributed by atoms with Gasteiger partial charge in [0.1, 0.15) is 6.04 Å². The number of carboxylic acid groups (broad SMARTS) is 2. The molecule has 0 saturated heterocycles. The van der Waals surface area contributed by atoms with E-state index in [1.807, 2.05) is 19.1 Å². The van der Waals surface area contributed by atoms with Crippen molar-refractivity contribution in [3.8, 4) is 11.8 Å². The third-order valence-corrected chi connectivity index (χ3v) is 4.40. The number of benzene rings is 1. The molecule has 0 aromatic heterocycles. The van der Waals surface area contributed by atoms with E-state index in [-0.39, 0.29) is 12.3 Å². The molecule has 0 aliphatic carbocycles. The molecule has 30 heavy (non-hydrogen) atoms. The molecule has 164 valence electrons. The minimum Gasteiger partial charge on any atom is -0.480 e. The Bertz CT molecular complexity index is 811. The van der Waals surface area contributed by atoms with Crippen LogP contribution in [0.2, 0.25) is 0 Å². The van der Waals surface area contributed by atoms with E-state index >= 15 is 0 Å². The first kappa shape index (κ1) is 25.1. The van der Waals surface area contributed by atoms with Gasteiger partial charge in [0, 0.05) is 17.7 Å². The second kappa shape index (κ2) is 12.6. The summed E-state index contributed by atoms with van der Waals surface area (Å²) in [5, 5.41) is 39.3. The summed E-state index contributed by atoms with van der Waals surface area (Å²) < 4.78 is 0. The molecular weight excluding hydrogens is 392 g/mol. The monoisotopic (exact) mass is 420 g/mol. The van der Waals surface area contributed by atoms with Crippen molar-refractivity contribution in [1.82, 2.24) is 10.2 Å². The molecule has 0 spiro atoms. The van der Waals surface area contributed by atoms with Crippen molar-refractivity contribution in [3.05, 3.63) is 34.9 Å². The van der Waals surface area contributed by atoms with Gasteiger partial charge in [0.15, 0.2) is 6.29 Å². The Morgan fingerprint density at radius 3 is 2.43 bits per heavy atom. The van der Waals surface area contributed by atoms with Gasteiger partial charge in [0.25, 0.3) is 5.91 Å². The summed E-state index contributed by atoms with van der Waals surface area (Å²) in [5.74, 6) is 2.92. The van der Waals surface area contributed by atoms with E-state index in [4.69, 9.17) is 15.3 Å². The van der Waals surface area contributed by atoms with Gasteiger partial charge in [0.05, 0.1) is 13.1 Å². The number of aliphatic hydroxyl groups is 2.